The van der Waals surface area contributed by atoms with E-state index < -0.39 is 6.04 Å². The summed E-state index contributed by atoms with van der Waals surface area (Å²) < 4.78 is 11.6. The molecule has 5 rings (SSSR count). The van der Waals surface area contributed by atoms with Crippen LogP contribution in [0.25, 0.3) is 0 Å². The van der Waals surface area contributed by atoms with Crippen LogP contribution < -0.4 is 10.1 Å². The molecule has 0 spiro atoms. The molecule has 1 aromatic rings. The summed E-state index contributed by atoms with van der Waals surface area (Å²) in [5, 5.41) is 9.23. The third kappa shape index (κ3) is 5.87. The molecule has 4 aliphatic rings. The summed E-state index contributed by atoms with van der Waals surface area (Å²) in [5.74, 6) is 0.674. The fraction of sp³-hybridized carbons (Fsp3) is 0.615. The van der Waals surface area contributed by atoms with Gasteiger partial charge in [0.15, 0.2) is 0 Å². The monoisotopic (exact) mass is 501 g/mol. The first kappa shape index (κ1) is 26.1. The lowest BCUT2D eigenvalue weighted by molar-refractivity contribution is -0.137. The maximum absolute atomic E-state index is 12.9. The highest BCUT2D eigenvalue weighted by molar-refractivity contribution is 6.05. The second-order valence-electron chi connectivity index (χ2n) is 9.98. The number of nitrogens with zero attached hydrogens (tertiary/aromatic N) is 2. The Bertz CT molecular complexity index is 978. The smallest absolute Gasteiger partial charge is 0.290 e. The first-order chi connectivity index (χ1) is 17.4. The Balaban J connectivity index is 0.000000967. The van der Waals surface area contributed by atoms with Gasteiger partial charge in [-0.25, -0.2) is 0 Å². The standard InChI is InChI=1S/C25H33N3O5.CH2O2/c1-32-20-10-16(11-20)13-27-9-3-2-4-18(27)15-33-19-5-6-21-17(12-19)14-28(25(21)31)22-7-8-23(29)26-24(22)30;2-1-3/h5-6,12,16,18,20,22H,2-4,7-11,13-15H2,1H3,(H,26,29,30);1H,(H,2,3). The second kappa shape index (κ2) is 11.8. The van der Waals surface area contributed by atoms with E-state index in [0.29, 0.717) is 37.3 Å². The average Bonchev–Trinajstić information content (AvgIpc) is 3.16. The van der Waals surface area contributed by atoms with Crippen LogP contribution >= 0.6 is 0 Å². The van der Waals surface area contributed by atoms with E-state index in [2.05, 4.69) is 10.2 Å². The summed E-state index contributed by atoms with van der Waals surface area (Å²) in [6.45, 7) is 3.01. The predicted octanol–water partition coefficient (Wildman–Crippen LogP) is 1.81. The van der Waals surface area contributed by atoms with Crippen molar-refractivity contribution < 1.29 is 33.8 Å². The number of benzene rings is 1. The Kier molecular flexibility index (Phi) is 8.58. The largest absolute Gasteiger partial charge is 0.492 e. The van der Waals surface area contributed by atoms with Gasteiger partial charge in [-0.2, -0.15) is 0 Å². The number of rotatable bonds is 7. The molecule has 3 amide bonds. The van der Waals surface area contributed by atoms with Crippen molar-refractivity contribution in [3.05, 3.63) is 29.3 Å². The number of hydrogen-bond donors (Lipinski definition) is 2. The minimum atomic E-state index is -0.591. The maximum Gasteiger partial charge on any atom is 0.290 e. The van der Waals surface area contributed by atoms with Crippen LogP contribution in [0.1, 0.15) is 60.9 Å². The zero-order valence-electron chi connectivity index (χ0n) is 20.7. The molecule has 2 unspecified atom stereocenters. The molecular formula is C26H35N3O7. The molecule has 1 aliphatic carbocycles. The van der Waals surface area contributed by atoms with Gasteiger partial charge in [0, 0.05) is 38.2 Å². The van der Waals surface area contributed by atoms with E-state index in [1.807, 2.05) is 12.1 Å². The van der Waals surface area contributed by atoms with Crippen molar-refractivity contribution in [2.45, 2.75) is 69.7 Å². The van der Waals surface area contributed by atoms with Gasteiger partial charge in [0.1, 0.15) is 18.4 Å². The number of likely N-dealkylation sites (tertiary alicyclic amines) is 1. The summed E-state index contributed by atoms with van der Waals surface area (Å²) in [7, 11) is 1.80. The Morgan fingerprint density at radius 2 is 1.94 bits per heavy atom. The van der Waals surface area contributed by atoms with E-state index in [4.69, 9.17) is 19.4 Å². The number of fused-ring (bicyclic) bond motifs is 1. The molecule has 0 aromatic heterocycles. The van der Waals surface area contributed by atoms with Gasteiger partial charge in [-0.15, -0.1) is 0 Å². The number of hydrogen-bond acceptors (Lipinski definition) is 7. The molecule has 2 saturated heterocycles. The fourth-order valence-electron chi connectivity index (χ4n) is 5.67. The Morgan fingerprint density at radius 1 is 1.17 bits per heavy atom. The Hall–Kier alpha value is -2.98. The van der Waals surface area contributed by atoms with Gasteiger partial charge in [0.25, 0.3) is 12.4 Å². The number of ether oxygens (including phenoxy) is 2. The fourth-order valence-corrected chi connectivity index (χ4v) is 5.67. The molecular weight excluding hydrogens is 466 g/mol. The third-order valence-electron chi connectivity index (χ3n) is 7.70. The third-order valence-corrected chi connectivity index (χ3v) is 7.70. The zero-order chi connectivity index (χ0) is 25.7. The quantitative estimate of drug-likeness (QED) is 0.428. The minimum Gasteiger partial charge on any atom is -0.492 e. The highest BCUT2D eigenvalue weighted by Gasteiger charge is 2.39. The lowest BCUT2D eigenvalue weighted by Crippen LogP contribution is -2.52. The molecule has 2 N–H and O–H groups in total. The molecule has 3 fully saturated rings. The van der Waals surface area contributed by atoms with Gasteiger partial charge in [-0.05, 0) is 68.3 Å². The predicted molar refractivity (Wildman–Crippen MR) is 129 cm³/mol. The number of piperidine rings is 2. The molecule has 10 heteroatoms. The molecule has 1 aromatic carbocycles. The maximum atomic E-state index is 12.9. The number of carbonyl (C=O) groups is 4. The summed E-state index contributed by atoms with van der Waals surface area (Å²) in [6, 6.07) is 5.41. The van der Waals surface area contributed by atoms with E-state index in [1.54, 1.807) is 18.1 Å². The minimum absolute atomic E-state index is 0.153. The van der Waals surface area contributed by atoms with Crippen LogP contribution in [0.2, 0.25) is 0 Å². The molecule has 1 saturated carbocycles. The van der Waals surface area contributed by atoms with Crippen molar-refractivity contribution in [2.75, 3.05) is 26.8 Å². The highest BCUT2D eigenvalue weighted by Crippen LogP contribution is 2.33. The van der Waals surface area contributed by atoms with E-state index in [-0.39, 0.29) is 30.6 Å². The average molecular weight is 502 g/mol. The van der Waals surface area contributed by atoms with E-state index in [0.717, 1.165) is 49.6 Å². The molecule has 196 valence electrons. The first-order valence-corrected chi connectivity index (χ1v) is 12.7. The molecule has 3 aliphatic heterocycles. The van der Waals surface area contributed by atoms with Crippen LogP contribution in [0.4, 0.5) is 0 Å². The van der Waals surface area contributed by atoms with Crippen molar-refractivity contribution in [1.82, 2.24) is 15.1 Å². The lowest BCUT2D eigenvalue weighted by Gasteiger charge is -2.42. The molecule has 0 radical (unpaired) electrons. The molecule has 0 bridgehead atoms. The number of nitrogens with one attached hydrogen (secondary N) is 1. The topological polar surface area (TPSA) is 125 Å². The number of amides is 3. The Labute approximate surface area is 210 Å². The molecule has 36 heavy (non-hydrogen) atoms. The normalized spacial score (nSPS) is 27.9. The van der Waals surface area contributed by atoms with Crippen molar-refractivity contribution in [3.63, 3.8) is 0 Å². The lowest BCUT2D eigenvalue weighted by atomic mass is 9.81. The summed E-state index contributed by atoms with van der Waals surface area (Å²) >= 11 is 0. The molecule has 10 nitrogen and oxygen atoms in total. The summed E-state index contributed by atoms with van der Waals surface area (Å²) in [6.07, 6.45) is 7.00. The van der Waals surface area contributed by atoms with Crippen molar-refractivity contribution in [2.24, 2.45) is 5.92 Å². The van der Waals surface area contributed by atoms with Crippen LogP contribution in [0.15, 0.2) is 18.2 Å². The summed E-state index contributed by atoms with van der Waals surface area (Å²) in [5.41, 5.74) is 1.49. The second-order valence-corrected chi connectivity index (χ2v) is 9.98. The number of carboxylic acid groups (broad SMARTS) is 1. The molecule has 2 atom stereocenters. The van der Waals surface area contributed by atoms with Crippen molar-refractivity contribution >= 4 is 24.2 Å². The van der Waals surface area contributed by atoms with Gasteiger partial charge in [-0.1, -0.05) is 6.42 Å². The van der Waals surface area contributed by atoms with E-state index in [9.17, 15) is 14.4 Å². The van der Waals surface area contributed by atoms with Crippen LogP contribution in [-0.2, 0) is 25.7 Å². The van der Waals surface area contributed by atoms with Crippen LogP contribution in [-0.4, -0.2) is 84.1 Å². The van der Waals surface area contributed by atoms with Gasteiger partial charge < -0.3 is 19.5 Å². The number of methoxy groups -OCH3 is 1. The number of imide groups is 1. The van der Waals surface area contributed by atoms with Crippen molar-refractivity contribution in [1.29, 1.82) is 0 Å². The van der Waals surface area contributed by atoms with Gasteiger partial charge in [0.2, 0.25) is 11.8 Å². The SMILES string of the molecule is COC1CC(CN2CCCCC2COc2ccc3c(c2)CN(C2CCC(=O)NC2=O)C3=O)C1.O=CO. The zero-order valence-corrected chi connectivity index (χ0v) is 20.7. The Morgan fingerprint density at radius 3 is 2.67 bits per heavy atom. The van der Waals surface area contributed by atoms with Gasteiger partial charge in [0.05, 0.1) is 6.10 Å². The van der Waals surface area contributed by atoms with Gasteiger partial charge >= 0.3 is 0 Å². The first-order valence-electron chi connectivity index (χ1n) is 12.7. The van der Waals surface area contributed by atoms with Gasteiger partial charge in [-0.3, -0.25) is 29.4 Å². The number of carbonyl (C=O) groups excluding carboxylic acids is 3. The van der Waals surface area contributed by atoms with Crippen LogP contribution in [0, 0.1) is 5.92 Å². The van der Waals surface area contributed by atoms with Crippen LogP contribution in [0.5, 0.6) is 5.75 Å². The highest BCUT2D eigenvalue weighted by atomic mass is 16.5. The van der Waals surface area contributed by atoms with Crippen molar-refractivity contribution in [3.8, 4) is 5.75 Å². The van der Waals surface area contributed by atoms with Crippen LogP contribution in [0.3, 0.4) is 0 Å². The summed E-state index contributed by atoms with van der Waals surface area (Å²) in [4.78, 5) is 49.1. The van der Waals surface area contributed by atoms with E-state index in [1.165, 1.54) is 12.8 Å². The molecule has 3 heterocycles. The van der Waals surface area contributed by atoms with E-state index >= 15 is 0 Å².